The Morgan fingerprint density at radius 2 is 1.88 bits per heavy atom. The average Bonchev–Trinajstić information content (AvgIpc) is 2.59. The Labute approximate surface area is 169 Å². The highest BCUT2D eigenvalue weighted by molar-refractivity contribution is 14.0. The van der Waals surface area contributed by atoms with Crippen LogP contribution in [0.3, 0.4) is 0 Å². The zero-order chi connectivity index (χ0) is 18.2. The maximum absolute atomic E-state index is 13.3. The first kappa shape index (κ1) is 21.8. The van der Waals surface area contributed by atoms with Gasteiger partial charge in [0.2, 0.25) is 0 Å². The van der Waals surface area contributed by atoms with Crippen LogP contribution in [-0.4, -0.2) is 24.3 Å². The third-order valence-electron chi connectivity index (χ3n) is 3.27. The number of nitrogens with one attached hydrogen (secondary N) is 1. The van der Waals surface area contributed by atoms with Crippen molar-refractivity contribution in [3.05, 3.63) is 47.8 Å². The van der Waals surface area contributed by atoms with Gasteiger partial charge in [0.25, 0.3) is 0 Å². The van der Waals surface area contributed by atoms with E-state index in [-0.39, 0.29) is 36.5 Å². The number of ether oxygens (including phenoxy) is 2. The van der Waals surface area contributed by atoms with Crippen molar-refractivity contribution in [2.45, 2.75) is 20.4 Å². The molecule has 142 valence electrons. The van der Waals surface area contributed by atoms with Crippen molar-refractivity contribution in [2.24, 2.45) is 10.7 Å². The van der Waals surface area contributed by atoms with Gasteiger partial charge in [-0.25, -0.2) is 9.38 Å². The Balaban J connectivity index is 0.00000338. The highest BCUT2D eigenvalue weighted by Gasteiger charge is 2.07. The summed E-state index contributed by atoms with van der Waals surface area (Å²) in [6, 6.07) is 9.45. The van der Waals surface area contributed by atoms with E-state index in [0.717, 1.165) is 0 Å². The molecule has 0 atom stereocenters. The Morgan fingerprint density at radius 3 is 2.54 bits per heavy atom. The highest BCUT2D eigenvalue weighted by atomic mass is 127. The monoisotopic (exact) mass is 475 g/mol. The third kappa shape index (κ3) is 6.25. The molecule has 0 spiro atoms. The number of aliphatic imine (C=N–C) groups is 1. The number of hydrogen-bond donors (Lipinski definition) is 3. The molecule has 0 saturated carbocycles. The fourth-order valence-electron chi connectivity index (χ4n) is 2.15. The lowest BCUT2D eigenvalue weighted by Gasteiger charge is -2.14. The molecule has 26 heavy (non-hydrogen) atoms. The van der Waals surface area contributed by atoms with Crippen LogP contribution in [0.2, 0.25) is 0 Å². The average molecular weight is 475 g/mol. The van der Waals surface area contributed by atoms with Gasteiger partial charge in [-0.1, -0.05) is 6.07 Å². The molecule has 0 aliphatic carbocycles. The molecule has 0 unspecified atom stereocenters. The zero-order valence-electron chi connectivity index (χ0n) is 14.7. The summed E-state index contributed by atoms with van der Waals surface area (Å²) in [5.74, 6) is 0.375. The van der Waals surface area contributed by atoms with Crippen LogP contribution in [0, 0.1) is 5.82 Å². The van der Waals surface area contributed by atoms with Crippen LogP contribution < -0.4 is 20.5 Å². The Hall–Kier alpha value is -2.23. The van der Waals surface area contributed by atoms with Crippen LogP contribution in [0.25, 0.3) is 0 Å². The minimum Gasteiger partial charge on any atom is -0.505 e. The van der Waals surface area contributed by atoms with Crippen LogP contribution in [0.15, 0.2) is 41.4 Å². The van der Waals surface area contributed by atoms with Crippen molar-refractivity contribution >= 4 is 35.6 Å². The van der Waals surface area contributed by atoms with E-state index in [0.29, 0.717) is 36.0 Å². The molecule has 0 aromatic heterocycles. The smallest absolute Gasteiger partial charge is 0.193 e. The zero-order valence-corrected chi connectivity index (χ0v) is 17.0. The van der Waals surface area contributed by atoms with Gasteiger partial charge in [-0.3, -0.25) is 0 Å². The predicted molar refractivity (Wildman–Crippen MR) is 111 cm³/mol. The van der Waals surface area contributed by atoms with E-state index in [1.807, 2.05) is 19.9 Å². The molecule has 0 radical (unpaired) electrons. The van der Waals surface area contributed by atoms with Crippen LogP contribution in [-0.2, 0) is 6.54 Å². The number of nitrogens with two attached hydrogens (primary N) is 1. The van der Waals surface area contributed by atoms with E-state index >= 15 is 0 Å². The molecule has 2 aromatic rings. The maximum atomic E-state index is 13.3. The fraction of sp³-hybridized carbons (Fsp3) is 0.278. The maximum Gasteiger partial charge on any atom is 0.193 e. The van der Waals surface area contributed by atoms with Crippen molar-refractivity contribution < 1.29 is 19.0 Å². The summed E-state index contributed by atoms with van der Waals surface area (Å²) in [4.78, 5) is 4.18. The van der Waals surface area contributed by atoms with Gasteiger partial charge >= 0.3 is 0 Å². The van der Waals surface area contributed by atoms with Crippen molar-refractivity contribution in [3.8, 4) is 17.2 Å². The molecule has 2 aromatic carbocycles. The molecule has 0 amide bonds. The Bertz CT molecular complexity index is 756. The minimum absolute atomic E-state index is 0. The first-order chi connectivity index (χ1) is 12.0. The first-order valence-electron chi connectivity index (χ1n) is 7.97. The standard InChI is InChI=1S/C18H22FN3O3.HI/c1-3-24-13-6-8-17(25-4-2)15(10-13)22-18(20)21-11-12-5-7-16(23)14(19)9-12;/h5-10,23H,3-4,11H2,1-2H3,(H3,20,21,22);1H. The van der Waals surface area contributed by atoms with Gasteiger partial charge in [-0.2, -0.15) is 0 Å². The van der Waals surface area contributed by atoms with E-state index in [2.05, 4.69) is 10.3 Å². The van der Waals surface area contributed by atoms with Crippen molar-refractivity contribution in [3.63, 3.8) is 0 Å². The van der Waals surface area contributed by atoms with Gasteiger partial charge in [0.05, 0.1) is 25.4 Å². The number of rotatable bonds is 7. The van der Waals surface area contributed by atoms with Crippen molar-refractivity contribution in [1.29, 1.82) is 0 Å². The van der Waals surface area contributed by atoms with Crippen LogP contribution in [0.4, 0.5) is 10.1 Å². The summed E-state index contributed by atoms with van der Waals surface area (Å²) >= 11 is 0. The van der Waals surface area contributed by atoms with Gasteiger partial charge in [0.1, 0.15) is 11.5 Å². The van der Waals surface area contributed by atoms with E-state index < -0.39 is 11.6 Å². The van der Waals surface area contributed by atoms with E-state index in [4.69, 9.17) is 15.2 Å². The molecule has 0 bridgehead atoms. The molecule has 8 heteroatoms. The number of halogens is 2. The second-order valence-corrected chi connectivity index (χ2v) is 5.14. The van der Waals surface area contributed by atoms with Crippen LogP contribution >= 0.6 is 24.0 Å². The van der Waals surface area contributed by atoms with Gasteiger partial charge in [-0.15, -0.1) is 24.0 Å². The molecular weight excluding hydrogens is 452 g/mol. The Morgan fingerprint density at radius 1 is 1.15 bits per heavy atom. The molecule has 6 nitrogen and oxygen atoms in total. The lowest BCUT2D eigenvalue weighted by Crippen LogP contribution is -2.23. The van der Waals surface area contributed by atoms with Crippen LogP contribution in [0.1, 0.15) is 19.4 Å². The number of guanidine groups is 1. The number of benzene rings is 2. The highest BCUT2D eigenvalue weighted by Crippen LogP contribution is 2.29. The van der Waals surface area contributed by atoms with E-state index in [1.165, 1.54) is 12.1 Å². The molecule has 0 saturated heterocycles. The second-order valence-electron chi connectivity index (χ2n) is 5.14. The SMILES string of the molecule is CCOc1ccc(OCC)c(NC(N)=NCc2ccc(O)c(F)c2)c1.I. The molecule has 0 fully saturated rings. The van der Waals surface area contributed by atoms with Gasteiger partial charge in [0, 0.05) is 6.07 Å². The van der Waals surface area contributed by atoms with Gasteiger partial charge in [-0.05, 0) is 43.7 Å². The lowest BCUT2D eigenvalue weighted by atomic mass is 10.2. The summed E-state index contributed by atoms with van der Waals surface area (Å²) in [5.41, 5.74) is 7.13. The minimum atomic E-state index is -0.692. The second kappa shape index (κ2) is 10.7. The third-order valence-corrected chi connectivity index (χ3v) is 3.27. The Kier molecular flexibility index (Phi) is 8.97. The number of aromatic hydroxyl groups is 1. The summed E-state index contributed by atoms with van der Waals surface area (Å²) in [6.07, 6.45) is 0. The number of phenols is 1. The number of nitrogens with zero attached hydrogens (tertiary/aromatic N) is 1. The van der Waals surface area contributed by atoms with Crippen molar-refractivity contribution in [2.75, 3.05) is 18.5 Å². The molecule has 0 aliphatic heterocycles. The number of hydrogen-bond acceptors (Lipinski definition) is 4. The van der Waals surface area contributed by atoms with Gasteiger partial charge < -0.3 is 25.6 Å². The number of anilines is 1. The van der Waals surface area contributed by atoms with E-state index in [9.17, 15) is 9.50 Å². The molecule has 0 aliphatic rings. The van der Waals surface area contributed by atoms with Gasteiger partial charge in [0.15, 0.2) is 17.5 Å². The fourth-order valence-corrected chi connectivity index (χ4v) is 2.15. The number of phenolic OH excluding ortho intramolecular Hbond substituents is 1. The quantitative estimate of drug-likeness (QED) is 0.322. The molecular formula is C18H23FIN3O3. The molecule has 2 rings (SSSR count). The summed E-state index contributed by atoms with van der Waals surface area (Å²) in [6.45, 7) is 5.01. The summed E-state index contributed by atoms with van der Waals surface area (Å²) in [7, 11) is 0. The predicted octanol–water partition coefficient (Wildman–Crippen LogP) is 3.87. The van der Waals surface area contributed by atoms with E-state index in [1.54, 1.807) is 18.2 Å². The van der Waals surface area contributed by atoms with Crippen molar-refractivity contribution in [1.82, 2.24) is 0 Å². The molecule has 4 N–H and O–H groups in total. The topological polar surface area (TPSA) is 89.1 Å². The first-order valence-corrected chi connectivity index (χ1v) is 7.97. The normalized spacial score (nSPS) is 10.8. The summed E-state index contributed by atoms with van der Waals surface area (Å²) in [5, 5.41) is 12.2. The van der Waals surface area contributed by atoms with Crippen LogP contribution in [0.5, 0.6) is 17.2 Å². The summed E-state index contributed by atoms with van der Waals surface area (Å²) < 4.78 is 24.4. The lowest BCUT2D eigenvalue weighted by molar-refractivity contribution is 0.332. The molecule has 0 heterocycles. The largest absolute Gasteiger partial charge is 0.505 e.